The number of rotatable bonds is 6. The van der Waals surface area contributed by atoms with Gasteiger partial charge in [-0.15, -0.1) is 0 Å². The van der Waals surface area contributed by atoms with E-state index in [1.807, 2.05) is 13.8 Å². The van der Waals surface area contributed by atoms with Gasteiger partial charge >= 0.3 is 0 Å². The molecule has 1 unspecified atom stereocenters. The van der Waals surface area contributed by atoms with Crippen LogP contribution in [0.2, 0.25) is 0 Å². The first kappa shape index (κ1) is 12.4. The first-order valence-electron chi connectivity index (χ1n) is 4.65. The molecule has 0 bridgehead atoms. The zero-order chi connectivity index (χ0) is 10.3. The number of ether oxygens (including phenoxy) is 1. The van der Waals surface area contributed by atoms with E-state index >= 15 is 0 Å². The smallest absolute Gasteiger partial charge is 0.224 e. The van der Waals surface area contributed by atoms with E-state index < -0.39 is 0 Å². The fourth-order valence-corrected chi connectivity index (χ4v) is 1.33. The molecule has 4 heteroatoms. The lowest BCUT2D eigenvalue weighted by molar-refractivity contribution is -0.133. The van der Waals surface area contributed by atoms with E-state index in [0.717, 1.165) is 0 Å². The van der Waals surface area contributed by atoms with Crippen molar-refractivity contribution in [1.29, 1.82) is 0 Å². The van der Waals surface area contributed by atoms with E-state index in [-0.39, 0.29) is 11.9 Å². The van der Waals surface area contributed by atoms with Crippen molar-refractivity contribution in [2.75, 3.05) is 26.8 Å². The Kier molecular flexibility index (Phi) is 6.54. The van der Waals surface area contributed by atoms with Crippen molar-refractivity contribution >= 4 is 5.91 Å². The van der Waals surface area contributed by atoms with Gasteiger partial charge in [-0.1, -0.05) is 0 Å². The zero-order valence-corrected chi connectivity index (χ0v) is 8.75. The lowest BCUT2D eigenvalue weighted by Gasteiger charge is -2.27. The highest BCUT2D eigenvalue weighted by Crippen LogP contribution is 2.01. The molecule has 0 saturated heterocycles. The van der Waals surface area contributed by atoms with Crippen LogP contribution in [-0.2, 0) is 9.53 Å². The van der Waals surface area contributed by atoms with Crippen LogP contribution in [0.3, 0.4) is 0 Å². The van der Waals surface area contributed by atoms with Crippen molar-refractivity contribution in [2.24, 2.45) is 5.73 Å². The summed E-state index contributed by atoms with van der Waals surface area (Å²) in [5, 5.41) is 0. The third kappa shape index (κ3) is 4.24. The molecule has 0 saturated carbocycles. The average molecular weight is 188 g/mol. The Balaban J connectivity index is 4.06. The normalized spacial score (nSPS) is 12.6. The quantitative estimate of drug-likeness (QED) is 0.648. The highest BCUT2D eigenvalue weighted by atomic mass is 16.5. The standard InChI is InChI=1S/C9H20N2O2/c1-4-11(8(2)7-13-3)9(12)5-6-10/h8H,4-7,10H2,1-3H3. The zero-order valence-electron chi connectivity index (χ0n) is 8.75. The van der Waals surface area contributed by atoms with Gasteiger partial charge in [-0.2, -0.15) is 0 Å². The van der Waals surface area contributed by atoms with Gasteiger partial charge in [-0.3, -0.25) is 4.79 Å². The summed E-state index contributed by atoms with van der Waals surface area (Å²) in [4.78, 5) is 13.3. The topological polar surface area (TPSA) is 55.6 Å². The molecule has 78 valence electrons. The van der Waals surface area contributed by atoms with Crippen LogP contribution in [0.1, 0.15) is 20.3 Å². The lowest BCUT2D eigenvalue weighted by Crippen LogP contribution is -2.41. The summed E-state index contributed by atoms with van der Waals surface area (Å²) in [6.07, 6.45) is 0.419. The van der Waals surface area contributed by atoms with E-state index in [0.29, 0.717) is 26.1 Å². The van der Waals surface area contributed by atoms with Gasteiger partial charge in [0, 0.05) is 26.6 Å². The van der Waals surface area contributed by atoms with Crippen molar-refractivity contribution < 1.29 is 9.53 Å². The Morgan fingerprint density at radius 3 is 2.62 bits per heavy atom. The Morgan fingerprint density at radius 1 is 1.62 bits per heavy atom. The number of carbonyl (C=O) groups excluding carboxylic acids is 1. The van der Waals surface area contributed by atoms with Crippen LogP contribution in [-0.4, -0.2) is 43.7 Å². The molecule has 0 fully saturated rings. The third-order valence-corrected chi connectivity index (χ3v) is 1.96. The number of likely N-dealkylation sites (N-methyl/N-ethyl adjacent to an activating group) is 1. The van der Waals surface area contributed by atoms with E-state index in [1.165, 1.54) is 0 Å². The summed E-state index contributed by atoms with van der Waals surface area (Å²) in [5.74, 6) is 0.106. The second kappa shape index (κ2) is 6.86. The van der Waals surface area contributed by atoms with Crippen molar-refractivity contribution in [3.8, 4) is 0 Å². The Bertz CT molecular complexity index is 151. The van der Waals surface area contributed by atoms with Crippen LogP contribution in [0.5, 0.6) is 0 Å². The highest BCUT2D eigenvalue weighted by Gasteiger charge is 2.16. The molecule has 13 heavy (non-hydrogen) atoms. The van der Waals surface area contributed by atoms with Crippen molar-refractivity contribution in [2.45, 2.75) is 26.3 Å². The molecule has 0 aliphatic carbocycles. The predicted octanol–water partition coefficient (Wildman–Crippen LogP) is 0.219. The summed E-state index contributed by atoms with van der Waals surface area (Å²) in [6.45, 7) is 5.63. The lowest BCUT2D eigenvalue weighted by atomic mass is 10.2. The molecular formula is C9H20N2O2. The molecule has 0 aliphatic rings. The molecule has 0 heterocycles. The minimum absolute atomic E-state index is 0.106. The minimum atomic E-state index is 0.106. The predicted molar refractivity (Wildman–Crippen MR) is 52.4 cm³/mol. The van der Waals surface area contributed by atoms with Gasteiger partial charge in [0.25, 0.3) is 0 Å². The summed E-state index contributed by atoms with van der Waals surface area (Å²) in [5.41, 5.74) is 5.32. The molecule has 0 radical (unpaired) electrons. The Labute approximate surface area is 80.0 Å². The molecule has 0 rings (SSSR count). The molecule has 1 atom stereocenters. The molecule has 0 aromatic heterocycles. The largest absolute Gasteiger partial charge is 0.383 e. The molecule has 0 aromatic carbocycles. The Hall–Kier alpha value is -0.610. The van der Waals surface area contributed by atoms with Crippen LogP contribution < -0.4 is 5.73 Å². The third-order valence-electron chi connectivity index (χ3n) is 1.96. The monoisotopic (exact) mass is 188 g/mol. The van der Waals surface area contributed by atoms with Crippen LogP contribution in [0.25, 0.3) is 0 Å². The number of methoxy groups -OCH3 is 1. The molecule has 0 spiro atoms. The van der Waals surface area contributed by atoms with Crippen LogP contribution in [0, 0.1) is 0 Å². The molecule has 0 aliphatic heterocycles. The number of hydrogen-bond donors (Lipinski definition) is 1. The highest BCUT2D eigenvalue weighted by molar-refractivity contribution is 5.76. The number of carbonyl (C=O) groups is 1. The second-order valence-corrected chi connectivity index (χ2v) is 3.02. The van der Waals surface area contributed by atoms with E-state index in [4.69, 9.17) is 10.5 Å². The molecule has 0 aromatic rings. The van der Waals surface area contributed by atoms with E-state index in [1.54, 1.807) is 12.0 Å². The van der Waals surface area contributed by atoms with Gasteiger partial charge in [0.15, 0.2) is 0 Å². The van der Waals surface area contributed by atoms with E-state index in [9.17, 15) is 4.79 Å². The molecule has 4 nitrogen and oxygen atoms in total. The minimum Gasteiger partial charge on any atom is -0.383 e. The summed E-state index contributed by atoms with van der Waals surface area (Å²) in [7, 11) is 1.64. The molecular weight excluding hydrogens is 168 g/mol. The van der Waals surface area contributed by atoms with Crippen LogP contribution in [0.4, 0.5) is 0 Å². The van der Waals surface area contributed by atoms with Gasteiger partial charge < -0.3 is 15.4 Å². The fourth-order valence-electron chi connectivity index (χ4n) is 1.33. The summed E-state index contributed by atoms with van der Waals surface area (Å²) >= 11 is 0. The van der Waals surface area contributed by atoms with Crippen molar-refractivity contribution in [3.63, 3.8) is 0 Å². The number of nitrogens with two attached hydrogens (primary N) is 1. The van der Waals surface area contributed by atoms with Gasteiger partial charge in [0.05, 0.1) is 12.6 Å². The summed E-state index contributed by atoms with van der Waals surface area (Å²) < 4.78 is 4.99. The maximum Gasteiger partial charge on any atom is 0.224 e. The van der Waals surface area contributed by atoms with Gasteiger partial charge in [0.2, 0.25) is 5.91 Å². The Morgan fingerprint density at radius 2 is 2.23 bits per heavy atom. The van der Waals surface area contributed by atoms with Crippen LogP contribution >= 0.6 is 0 Å². The first-order chi connectivity index (χ1) is 6.17. The van der Waals surface area contributed by atoms with Gasteiger partial charge in [-0.05, 0) is 13.8 Å². The van der Waals surface area contributed by atoms with Crippen LogP contribution in [0.15, 0.2) is 0 Å². The second-order valence-electron chi connectivity index (χ2n) is 3.02. The van der Waals surface area contributed by atoms with Gasteiger partial charge in [-0.25, -0.2) is 0 Å². The van der Waals surface area contributed by atoms with Crippen molar-refractivity contribution in [1.82, 2.24) is 4.90 Å². The fraction of sp³-hybridized carbons (Fsp3) is 0.889. The summed E-state index contributed by atoms with van der Waals surface area (Å²) in [6, 6.07) is 0.133. The molecule has 2 N–H and O–H groups in total. The van der Waals surface area contributed by atoms with E-state index in [2.05, 4.69) is 0 Å². The SMILES string of the molecule is CCN(C(=O)CCN)C(C)COC. The number of amides is 1. The van der Waals surface area contributed by atoms with Gasteiger partial charge in [0.1, 0.15) is 0 Å². The number of hydrogen-bond acceptors (Lipinski definition) is 3. The maximum absolute atomic E-state index is 11.5. The maximum atomic E-state index is 11.5. The number of nitrogens with zero attached hydrogens (tertiary/aromatic N) is 1. The van der Waals surface area contributed by atoms with Crippen molar-refractivity contribution in [3.05, 3.63) is 0 Å². The average Bonchev–Trinajstić information content (AvgIpc) is 2.06. The first-order valence-corrected chi connectivity index (χ1v) is 4.65. The molecule has 1 amide bonds.